The number of ether oxygens (including phenoxy) is 1. The average Bonchev–Trinajstić information content (AvgIpc) is 3.31. The number of hydrogen-bond acceptors (Lipinski definition) is 6. The van der Waals surface area contributed by atoms with Crippen LogP contribution in [0.15, 0.2) is 72.9 Å². The molecule has 2 aromatic heterocycles. The Morgan fingerprint density at radius 1 is 0.917 bits per heavy atom. The van der Waals surface area contributed by atoms with Gasteiger partial charge in [0.2, 0.25) is 5.91 Å². The quantitative estimate of drug-likeness (QED) is 0.371. The van der Waals surface area contributed by atoms with Crippen molar-refractivity contribution in [2.75, 3.05) is 37.7 Å². The number of esters is 1. The highest BCUT2D eigenvalue weighted by Gasteiger charge is 2.23. The largest absolute Gasteiger partial charge is 0.462 e. The van der Waals surface area contributed by atoms with Crippen LogP contribution in [0.3, 0.4) is 0 Å². The van der Waals surface area contributed by atoms with Gasteiger partial charge >= 0.3 is 5.97 Å². The number of nitrogens with zero attached hydrogens (tertiary/aromatic N) is 5. The summed E-state index contributed by atoms with van der Waals surface area (Å²) in [6.07, 6.45) is 2.52. The summed E-state index contributed by atoms with van der Waals surface area (Å²) in [5.41, 5.74) is 3.46. The number of piperazine rings is 1. The number of imidazole rings is 1. The maximum Gasteiger partial charge on any atom is 0.339 e. The van der Waals surface area contributed by atoms with E-state index in [9.17, 15) is 9.59 Å². The van der Waals surface area contributed by atoms with Crippen molar-refractivity contribution in [2.45, 2.75) is 19.8 Å². The molecule has 8 heteroatoms. The molecular formula is C28H29N5O3. The molecule has 0 atom stereocenters. The topological polar surface area (TPSA) is 80.6 Å². The van der Waals surface area contributed by atoms with E-state index >= 15 is 0 Å². The molecule has 0 saturated carbocycles. The molecule has 5 rings (SSSR count). The van der Waals surface area contributed by atoms with Crippen LogP contribution in [0.5, 0.6) is 0 Å². The van der Waals surface area contributed by atoms with E-state index < -0.39 is 0 Å². The fourth-order valence-corrected chi connectivity index (χ4v) is 4.58. The summed E-state index contributed by atoms with van der Waals surface area (Å²) >= 11 is 0. The number of carbonyl (C=O) groups excluding carboxylic acids is 2. The van der Waals surface area contributed by atoms with Gasteiger partial charge in [-0.25, -0.2) is 14.8 Å². The predicted octanol–water partition coefficient (Wildman–Crippen LogP) is 3.88. The van der Waals surface area contributed by atoms with E-state index in [1.54, 1.807) is 19.2 Å². The second kappa shape index (κ2) is 10.6. The number of carbonyl (C=O) groups is 2. The Morgan fingerprint density at radius 3 is 2.39 bits per heavy atom. The summed E-state index contributed by atoms with van der Waals surface area (Å²) in [7, 11) is 0. The highest BCUT2D eigenvalue weighted by Crippen LogP contribution is 2.23. The standard InChI is InChI=1S/C28H29N5O3/c1-2-36-28(35)21-12-13-25(29-20-21)31-16-18-32(19-17-31)27(34)15-14-26-30-23-10-6-7-11-24(23)33(26)22-8-4-3-5-9-22/h3-13,20H,2,14-19H2,1H3. The Balaban J connectivity index is 1.21. The molecule has 184 valence electrons. The van der Waals surface area contributed by atoms with Crippen LogP contribution < -0.4 is 4.90 Å². The molecule has 0 aliphatic carbocycles. The fraction of sp³-hybridized carbons (Fsp3) is 0.286. The molecule has 1 aliphatic heterocycles. The molecule has 4 aromatic rings. The van der Waals surface area contributed by atoms with Gasteiger partial charge in [0.25, 0.3) is 0 Å². The number of benzene rings is 2. The Kier molecular flexibility index (Phi) is 6.93. The molecule has 1 amide bonds. The summed E-state index contributed by atoms with van der Waals surface area (Å²) in [6, 6.07) is 21.8. The maximum atomic E-state index is 13.1. The zero-order chi connectivity index (χ0) is 24.9. The van der Waals surface area contributed by atoms with Crippen LogP contribution in [0, 0.1) is 0 Å². The molecule has 36 heavy (non-hydrogen) atoms. The van der Waals surface area contributed by atoms with E-state index in [0.29, 0.717) is 51.2 Å². The van der Waals surface area contributed by atoms with Gasteiger partial charge in [-0.15, -0.1) is 0 Å². The van der Waals surface area contributed by atoms with Crippen molar-refractivity contribution < 1.29 is 14.3 Å². The minimum absolute atomic E-state index is 0.131. The van der Waals surface area contributed by atoms with Crippen LogP contribution in [0.25, 0.3) is 16.7 Å². The lowest BCUT2D eigenvalue weighted by molar-refractivity contribution is -0.131. The normalized spacial score (nSPS) is 13.7. The third kappa shape index (κ3) is 4.93. The zero-order valence-corrected chi connectivity index (χ0v) is 20.3. The molecule has 0 radical (unpaired) electrons. The molecule has 0 spiro atoms. The number of amides is 1. The zero-order valence-electron chi connectivity index (χ0n) is 20.3. The van der Waals surface area contributed by atoms with Gasteiger partial charge in [0, 0.05) is 50.9 Å². The number of aryl methyl sites for hydroxylation is 1. The fourth-order valence-electron chi connectivity index (χ4n) is 4.58. The van der Waals surface area contributed by atoms with Crippen LogP contribution in [0.1, 0.15) is 29.5 Å². The molecule has 0 bridgehead atoms. The van der Waals surface area contributed by atoms with Crippen LogP contribution >= 0.6 is 0 Å². The molecule has 1 fully saturated rings. The third-order valence-electron chi connectivity index (χ3n) is 6.42. The Bertz CT molecular complexity index is 1340. The first-order chi connectivity index (χ1) is 17.6. The van der Waals surface area contributed by atoms with Crippen LogP contribution in [0.4, 0.5) is 5.82 Å². The van der Waals surface area contributed by atoms with Crippen molar-refractivity contribution >= 4 is 28.7 Å². The lowest BCUT2D eigenvalue weighted by atomic mass is 10.2. The smallest absolute Gasteiger partial charge is 0.339 e. The van der Waals surface area contributed by atoms with Crippen molar-refractivity contribution in [3.63, 3.8) is 0 Å². The number of pyridine rings is 1. The Hall–Kier alpha value is -4.20. The second-order valence-electron chi connectivity index (χ2n) is 8.68. The molecule has 1 saturated heterocycles. The number of anilines is 1. The minimum atomic E-state index is -0.368. The summed E-state index contributed by atoms with van der Waals surface area (Å²) in [4.78, 5) is 38.2. The average molecular weight is 484 g/mol. The first-order valence-electron chi connectivity index (χ1n) is 12.3. The lowest BCUT2D eigenvalue weighted by Crippen LogP contribution is -2.49. The van der Waals surface area contributed by atoms with Gasteiger partial charge in [0.1, 0.15) is 11.6 Å². The van der Waals surface area contributed by atoms with Gasteiger partial charge < -0.3 is 14.5 Å². The molecule has 0 N–H and O–H groups in total. The van der Waals surface area contributed by atoms with E-state index in [1.165, 1.54) is 0 Å². The van der Waals surface area contributed by atoms with Gasteiger partial charge in [0.15, 0.2) is 0 Å². The highest BCUT2D eigenvalue weighted by molar-refractivity contribution is 5.89. The highest BCUT2D eigenvalue weighted by atomic mass is 16.5. The number of aromatic nitrogens is 3. The van der Waals surface area contributed by atoms with Gasteiger partial charge in [-0.05, 0) is 43.3 Å². The minimum Gasteiger partial charge on any atom is -0.462 e. The lowest BCUT2D eigenvalue weighted by Gasteiger charge is -2.35. The summed E-state index contributed by atoms with van der Waals surface area (Å²) in [5, 5.41) is 0. The SMILES string of the molecule is CCOC(=O)c1ccc(N2CCN(C(=O)CCc3nc4ccccc4n3-c3ccccc3)CC2)nc1. The van der Waals surface area contributed by atoms with Crippen molar-refractivity contribution in [1.29, 1.82) is 0 Å². The van der Waals surface area contributed by atoms with Crippen molar-refractivity contribution in [3.05, 3.63) is 84.3 Å². The molecule has 8 nitrogen and oxygen atoms in total. The molecule has 2 aromatic carbocycles. The number of rotatable bonds is 7. The first kappa shape index (κ1) is 23.5. The summed E-state index contributed by atoms with van der Waals surface area (Å²) in [5.74, 6) is 1.45. The van der Waals surface area contributed by atoms with Gasteiger partial charge in [-0.2, -0.15) is 0 Å². The van der Waals surface area contributed by atoms with Gasteiger partial charge in [0.05, 0.1) is 23.2 Å². The first-order valence-corrected chi connectivity index (χ1v) is 12.3. The van der Waals surface area contributed by atoms with E-state index in [1.807, 2.05) is 47.4 Å². The van der Waals surface area contributed by atoms with E-state index in [4.69, 9.17) is 9.72 Å². The molecule has 1 aliphatic rings. The van der Waals surface area contributed by atoms with E-state index in [0.717, 1.165) is 28.4 Å². The van der Waals surface area contributed by atoms with Crippen LogP contribution in [0.2, 0.25) is 0 Å². The predicted molar refractivity (Wildman–Crippen MR) is 138 cm³/mol. The number of fused-ring (bicyclic) bond motifs is 1. The molecule has 0 unspecified atom stereocenters. The Labute approximate surface area is 210 Å². The van der Waals surface area contributed by atoms with Crippen molar-refractivity contribution in [3.8, 4) is 5.69 Å². The monoisotopic (exact) mass is 483 g/mol. The second-order valence-corrected chi connectivity index (χ2v) is 8.68. The van der Waals surface area contributed by atoms with Crippen molar-refractivity contribution in [1.82, 2.24) is 19.4 Å². The van der Waals surface area contributed by atoms with Crippen molar-refractivity contribution in [2.24, 2.45) is 0 Å². The molecular weight excluding hydrogens is 454 g/mol. The van der Waals surface area contributed by atoms with Crippen LogP contribution in [-0.2, 0) is 16.0 Å². The third-order valence-corrected chi connectivity index (χ3v) is 6.42. The Morgan fingerprint density at radius 2 is 1.67 bits per heavy atom. The maximum absolute atomic E-state index is 13.1. The van der Waals surface area contributed by atoms with Gasteiger partial charge in [-0.1, -0.05) is 30.3 Å². The van der Waals surface area contributed by atoms with E-state index in [-0.39, 0.29) is 11.9 Å². The number of hydrogen-bond donors (Lipinski definition) is 0. The van der Waals surface area contributed by atoms with E-state index in [2.05, 4.69) is 32.7 Å². The van der Waals surface area contributed by atoms with Gasteiger partial charge in [-0.3, -0.25) is 9.36 Å². The number of para-hydroxylation sites is 3. The summed E-state index contributed by atoms with van der Waals surface area (Å²) < 4.78 is 7.16. The van der Waals surface area contributed by atoms with Crippen LogP contribution in [-0.4, -0.2) is 64.1 Å². The molecule has 3 heterocycles. The summed E-state index contributed by atoms with van der Waals surface area (Å²) in [6.45, 7) is 4.77.